The number of piperidine rings is 1. The highest BCUT2D eigenvalue weighted by Gasteiger charge is 2.09. The van der Waals surface area contributed by atoms with E-state index in [4.69, 9.17) is 0 Å². The van der Waals surface area contributed by atoms with Gasteiger partial charge in [-0.05, 0) is 58.2 Å². The van der Waals surface area contributed by atoms with E-state index < -0.39 is 0 Å². The quantitative estimate of drug-likeness (QED) is 0.367. The fourth-order valence-electron chi connectivity index (χ4n) is 3.18. The first-order valence-electron chi connectivity index (χ1n) is 10.4. The van der Waals surface area contributed by atoms with E-state index in [1.165, 1.54) is 63.9 Å². The highest BCUT2D eigenvalue weighted by Crippen LogP contribution is 2.18. The third-order valence-electron chi connectivity index (χ3n) is 4.77. The van der Waals surface area contributed by atoms with E-state index in [0.717, 1.165) is 24.1 Å². The summed E-state index contributed by atoms with van der Waals surface area (Å²) in [6.45, 7) is 12.9. The molecule has 1 aliphatic rings. The van der Waals surface area contributed by atoms with E-state index in [-0.39, 0.29) is 0 Å². The molecule has 1 aromatic rings. The molecule has 1 saturated heterocycles. The Kier molecular flexibility index (Phi) is 10.00. The highest BCUT2D eigenvalue weighted by molar-refractivity contribution is 7.09. The molecule has 0 bridgehead atoms. The van der Waals surface area contributed by atoms with Gasteiger partial charge >= 0.3 is 0 Å². The Morgan fingerprint density at radius 2 is 2.00 bits per heavy atom. The number of guanidine groups is 1. The lowest BCUT2D eigenvalue weighted by atomic mass is 10.1. The molecule has 0 atom stereocenters. The van der Waals surface area contributed by atoms with Crippen LogP contribution in [0.2, 0.25) is 0 Å². The summed E-state index contributed by atoms with van der Waals surface area (Å²) >= 11 is 1.71. The van der Waals surface area contributed by atoms with Crippen LogP contribution in [-0.2, 0) is 6.54 Å². The summed E-state index contributed by atoms with van der Waals surface area (Å²) in [5, 5.41) is 10.0. The van der Waals surface area contributed by atoms with Crippen LogP contribution >= 0.6 is 11.3 Å². The number of aromatic nitrogens is 1. The van der Waals surface area contributed by atoms with Gasteiger partial charge in [0.2, 0.25) is 0 Å². The van der Waals surface area contributed by atoms with Crippen LogP contribution in [0.25, 0.3) is 0 Å². The van der Waals surface area contributed by atoms with Crippen molar-refractivity contribution in [3.63, 3.8) is 0 Å². The third-order valence-corrected chi connectivity index (χ3v) is 5.62. The molecule has 2 rings (SSSR count). The topological polar surface area (TPSA) is 52.6 Å². The Morgan fingerprint density at radius 1 is 1.19 bits per heavy atom. The Morgan fingerprint density at radius 3 is 2.69 bits per heavy atom. The number of nitrogens with one attached hydrogen (secondary N) is 2. The van der Waals surface area contributed by atoms with Crippen molar-refractivity contribution in [3.8, 4) is 0 Å². The molecule has 1 fully saturated rings. The molecule has 0 aromatic carbocycles. The van der Waals surface area contributed by atoms with Crippen molar-refractivity contribution in [2.24, 2.45) is 4.99 Å². The van der Waals surface area contributed by atoms with E-state index in [9.17, 15) is 0 Å². The second kappa shape index (κ2) is 12.3. The molecule has 1 aliphatic heterocycles. The summed E-state index contributed by atoms with van der Waals surface area (Å²) in [6.07, 6.45) is 8.00. The first kappa shape index (κ1) is 21.2. The van der Waals surface area contributed by atoms with Crippen LogP contribution < -0.4 is 10.6 Å². The molecule has 0 amide bonds. The van der Waals surface area contributed by atoms with Crippen LogP contribution in [0.3, 0.4) is 0 Å². The summed E-state index contributed by atoms with van der Waals surface area (Å²) in [7, 11) is 0. The van der Waals surface area contributed by atoms with Gasteiger partial charge in [0.25, 0.3) is 0 Å². The van der Waals surface area contributed by atoms with Crippen molar-refractivity contribution < 1.29 is 0 Å². The molecule has 5 nitrogen and oxygen atoms in total. The average molecular weight is 380 g/mol. The van der Waals surface area contributed by atoms with Gasteiger partial charge in [-0.25, -0.2) is 9.98 Å². The molecule has 6 heteroatoms. The summed E-state index contributed by atoms with van der Waals surface area (Å²) in [4.78, 5) is 12.0. The van der Waals surface area contributed by atoms with Crippen LogP contribution in [0.5, 0.6) is 0 Å². The summed E-state index contributed by atoms with van der Waals surface area (Å²) in [5.41, 5.74) is 1.17. The van der Waals surface area contributed by atoms with Gasteiger partial charge in [0.15, 0.2) is 5.96 Å². The number of nitrogens with zero attached hydrogens (tertiary/aromatic N) is 3. The zero-order valence-electron chi connectivity index (χ0n) is 16.9. The number of thiazole rings is 1. The lowest BCUT2D eigenvalue weighted by Gasteiger charge is -2.26. The minimum Gasteiger partial charge on any atom is -0.357 e. The summed E-state index contributed by atoms with van der Waals surface area (Å²) in [5.74, 6) is 1.39. The van der Waals surface area contributed by atoms with Gasteiger partial charge in [0.1, 0.15) is 5.01 Å². The number of hydrogen-bond acceptors (Lipinski definition) is 4. The van der Waals surface area contributed by atoms with Crippen molar-refractivity contribution in [1.29, 1.82) is 0 Å². The van der Waals surface area contributed by atoms with Gasteiger partial charge in [-0.15, -0.1) is 11.3 Å². The van der Waals surface area contributed by atoms with Crippen LogP contribution in [-0.4, -0.2) is 48.6 Å². The van der Waals surface area contributed by atoms with Gasteiger partial charge in [-0.1, -0.05) is 26.7 Å². The molecule has 0 aliphatic carbocycles. The number of hydrogen-bond donors (Lipinski definition) is 2. The lowest BCUT2D eigenvalue weighted by molar-refractivity contribution is 0.224. The number of likely N-dealkylation sites (tertiary alicyclic amines) is 1. The Labute approximate surface area is 163 Å². The maximum Gasteiger partial charge on any atom is 0.191 e. The van der Waals surface area contributed by atoms with Gasteiger partial charge in [-0.3, -0.25) is 0 Å². The van der Waals surface area contributed by atoms with Crippen molar-refractivity contribution >= 4 is 17.3 Å². The van der Waals surface area contributed by atoms with Crippen molar-refractivity contribution in [2.75, 3.05) is 32.7 Å². The first-order chi connectivity index (χ1) is 12.7. The smallest absolute Gasteiger partial charge is 0.191 e. The normalized spacial score (nSPS) is 16.2. The molecular weight excluding hydrogens is 342 g/mol. The third kappa shape index (κ3) is 8.04. The van der Waals surface area contributed by atoms with Gasteiger partial charge in [0.05, 0.1) is 12.2 Å². The Bertz CT molecular complexity index is 520. The minimum atomic E-state index is 0.486. The SMILES string of the molecule is CCNC(=NCc1nc(C(C)C)cs1)NCCCCCN1CCCCC1. The summed E-state index contributed by atoms with van der Waals surface area (Å²) in [6, 6.07) is 0. The molecule has 0 saturated carbocycles. The average Bonchev–Trinajstić information content (AvgIpc) is 3.12. The molecule has 0 unspecified atom stereocenters. The number of aliphatic imine (C=N–C) groups is 1. The highest BCUT2D eigenvalue weighted by atomic mass is 32.1. The standard InChI is InChI=1S/C20H37N5S/c1-4-21-20(23-15-19-24-18(16-26-19)17(2)3)22-11-7-5-8-12-25-13-9-6-10-14-25/h16-17H,4-15H2,1-3H3,(H2,21,22,23). The monoisotopic (exact) mass is 379 g/mol. The van der Waals surface area contributed by atoms with Crippen LogP contribution in [0.1, 0.15) is 75.9 Å². The van der Waals surface area contributed by atoms with E-state index in [0.29, 0.717) is 12.5 Å². The first-order valence-corrected chi connectivity index (χ1v) is 11.3. The van der Waals surface area contributed by atoms with Crippen LogP contribution in [0, 0.1) is 0 Å². The van der Waals surface area contributed by atoms with Crippen molar-refractivity contribution in [2.45, 2.75) is 71.8 Å². The van der Waals surface area contributed by atoms with Crippen LogP contribution in [0.15, 0.2) is 10.4 Å². The number of rotatable bonds is 10. The van der Waals surface area contributed by atoms with Gasteiger partial charge < -0.3 is 15.5 Å². The zero-order chi connectivity index (χ0) is 18.6. The molecule has 148 valence electrons. The predicted molar refractivity (Wildman–Crippen MR) is 113 cm³/mol. The van der Waals surface area contributed by atoms with Crippen molar-refractivity contribution in [3.05, 3.63) is 16.1 Å². The molecule has 26 heavy (non-hydrogen) atoms. The van der Waals surface area contributed by atoms with E-state index >= 15 is 0 Å². The molecular formula is C20H37N5S. The van der Waals surface area contributed by atoms with Crippen LogP contribution in [0.4, 0.5) is 0 Å². The predicted octanol–water partition coefficient (Wildman–Crippen LogP) is 3.98. The fourth-order valence-corrected chi connectivity index (χ4v) is 4.06. The second-order valence-electron chi connectivity index (χ2n) is 7.41. The Balaban J connectivity index is 1.63. The molecule has 0 spiro atoms. The zero-order valence-corrected chi connectivity index (χ0v) is 17.7. The minimum absolute atomic E-state index is 0.486. The molecule has 1 aromatic heterocycles. The van der Waals surface area contributed by atoms with Gasteiger partial charge in [0, 0.05) is 18.5 Å². The maximum absolute atomic E-state index is 4.68. The van der Waals surface area contributed by atoms with E-state index in [2.05, 4.69) is 51.7 Å². The second-order valence-corrected chi connectivity index (χ2v) is 8.35. The van der Waals surface area contributed by atoms with Gasteiger partial charge in [-0.2, -0.15) is 0 Å². The number of unbranched alkanes of at least 4 members (excludes halogenated alkanes) is 2. The maximum atomic E-state index is 4.68. The van der Waals surface area contributed by atoms with E-state index in [1.54, 1.807) is 11.3 Å². The van der Waals surface area contributed by atoms with Crippen molar-refractivity contribution in [1.82, 2.24) is 20.5 Å². The summed E-state index contributed by atoms with van der Waals surface area (Å²) < 4.78 is 0. The lowest BCUT2D eigenvalue weighted by Crippen LogP contribution is -2.37. The molecule has 2 N–H and O–H groups in total. The molecule has 2 heterocycles. The molecule has 0 radical (unpaired) electrons. The fraction of sp³-hybridized carbons (Fsp3) is 0.800. The largest absolute Gasteiger partial charge is 0.357 e. The van der Waals surface area contributed by atoms with E-state index in [1.807, 2.05) is 0 Å². The Hall–Kier alpha value is -1.14.